The molecule has 1 amide bonds. The highest BCUT2D eigenvalue weighted by molar-refractivity contribution is 5.81. The maximum atomic E-state index is 12.0. The van der Waals surface area contributed by atoms with Gasteiger partial charge in [-0.15, -0.1) is 0 Å². The zero-order valence-electron chi connectivity index (χ0n) is 14.2. The summed E-state index contributed by atoms with van der Waals surface area (Å²) in [5, 5.41) is 10.8. The largest absolute Gasteiger partial charge is 0.352 e. The number of likely N-dealkylation sites (N-methyl/N-ethyl adjacent to an activating group) is 1. The van der Waals surface area contributed by atoms with Crippen LogP contribution in [-0.4, -0.2) is 41.4 Å². The Morgan fingerprint density at radius 2 is 2.05 bits per heavy atom. The lowest BCUT2D eigenvalue weighted by molar-refractivity contribution is -0.120. The number of carbonyl (C=O) groups excluding carboxylic acids is 1. The number of carbonyl (C=O) groups is 1. The first-order chi connectivity index (χ1) is 9.90. The summed E-state index contributed by atoms with van der Waals surface area (Å²) in [6.45, 7) is 12.9. The molecule has 21 heavy (non-hydrogen) atoms. The lowest BCUT2D eigenvalue weighted by Crippen LogP contribution is -2.41. The highest BCUT2D eigenvalue weighted by atomic mass is 16.2. The van der Waals surface area contributed by atoms with Crippen LogP contribution in [0.25, 0.3) is 0 Å². The van der Waals surface area contributed by atoms with Gasteiger partial charge in [0.15, 0.2) is 0 Å². The molecule has 1 aromatic rings. The van der Waals surface area contributed by atoms with Crippen LogP contribution in [0, 0.1) is 6.92 Å². The molecule has 0 saturated heterocycles. The van der Waals surface area contributed by atoms with Crippen molar-refractivity contribution in [2.24, 2.45) is 7.05 Å². The molecule has 6 nitrogen and oxygen atoms in total. The first-order valence-corrected chi connectivity index (χ1v) is 7.68. The molecule has 0 bridgehead atoms. The van der Waals surface area contributed by atoms with Gasteiger partial charge in [0, 0.05) is 31.7 Å². The standard InChI is InChI=1S/C15H29N5O/c1-7-16-9-13-12(5)18-19(6)15(13)20(8-2)10-14(21)17-11(3)4/h11,16H,7-10H2,1-6H3,(H,17,21). The number of rotatable bonds is 8. The van der Waals surface area contributed by atoms with E-state index in [4.69, 9.17) is 0 Å². The van der Waals surface area contributed by atoms with Crippen LogP contribution in [0.2, 0.25) is 0 Å². The fourth-order valence-corrected chi connectivity index (χ4v) is 2.42. The molecule has 0 saturated carbocycles. The topological polar surface area (TPSA) is 62.2 Å². The van der Waals surface area contributed by atoms with E-state index in [1.165, 1.54) is 5.56 Å². The smallest absolute Gasteiger partial charge is 0.239 e. The number of nitrogens with one attached hydrogen (secondary N) is 2. The summed E-state index contributed by atoms with van der Waals surface area (Å²) < 4.78 is 1.87. The Morgan fingerprint density at radius 1 is 1.38 bits per heavy atom. The zero-order chi connectivity index (χ0) is 16.0. The van der Waals surface area contributed by atoms with Crippen molar-refractivity contribution in [3.05, 3.63) is 11.3 Å². The Bertz CT molecular complexity index is 467. The second-order valence-electron chi connectivity index (χ2n) is 5.53. The van der Waals surface area contributed by atoms with E-state index in [2.05, 4.69) is 34.5 Å². The molecule has 0 unspecified atom stereocenters. The molecule has 6 heteroatoms. The zero-order valence-corrected chi connectivity index (χ0v) is 14.2. The molecule has 1 aromatic heterocycles. The van der Waals surface area contributed by atoms with Crippen LogP contribution < -0.4 is 15.5 Å². The van der Waals surface area contributed by atoms with Gasteiger partial charge in [-0.25, -0.2) is 0 Å². The fraction of sp³-hybridized carbons (Fsp3) is 0.733. The number of amides is 1. The van der Waals surface area contributed by atoms with E-state index in [9.17, 15) is 4.79 Å². The summed E-state index contributed by atoms with van der Waals surface area (Å²) in [7, 11) is 1.93. The lowest BCUT2D eigenvalue weighted by atomic mass is 10.2. The van der Waals surface area contributed by atoms with Crippen LogP contribution in [-0.2, 0) is 18.4 Å². The molecular weight excluding hydrogens is 266 g/mol. The maximum absolute atomic E-state index is 12.0. The van der Waals surface area contributed by atoms with Gasteiger partial charge < -0.3 is 15.5 Å². The third-order valence-corrected chi connectivity index (χ3v) is 3.33. The van der Waals surface area contributed by atoms with Crippen molar-refractivity contribution in [1.29, 1.82) is 0 Å². The summed E-state index contributed by atoms with van der Waals surface area (Å²) in [6, 6.07) is 0.158. The second kappa shape index (κ2) is 8.02. The lowest BCUT2D eigenvalue weighted by Gasteiger charge is -2.24. The normalized spacial score (nSPS) is 11.0. The van der Waals surface area contributed by atoms with Gasteiger partial charge in [-0.2, -0.15) is 5.10 Å². The monoisotopic (exact) mass is 295 g/mol. The molecule has 0 fully saturated rings. The van der Waals surface area contributed by atoms with Crippen molar-refractivity contribution in [3.8, 4) is 0 Å². The maximum Gasteiger partial charge on any atom is 0.239 e. The first kappa shape index (κ1) is 17.5. The molecule has 0 radical (unpaired) electrons. The average Bonchev–Trinajstić information content (AvgIpc) is 2.67. The van der Waals surface area contributed by atoms with E-state index < -0.39 is 0 Å². The van der Waals surface area contributed by atoms with Crippen LogP contribution in [0.15, 0.2) is 0 Å². The molecule has 1 rings (SSSR count). The van der Waals surface area contributed by atoms with Gasteiger partial charge >= 0.3 is 0 Å². The Hall–Kier alpha value is -1.56. The van der Waals surface area contributed by atoms with Crippen molar-refractivity contribution in [2.45, 2.75) is 47.2 Å². The van der Waals surface area contributed by atoms with Gasteiger partial charge in [-0.05, 0) is 34.2 Å². The Kier molecular flexibility index (Phi) is 6.68. The second-order valence-corrected chi connectivity index (χ2v) is 5.53. The third-order valence-electron chi connectivity index (χ3n) is 3.33. The van der Waals surface area contributed by atoms with Crippen molar-refractivity contribution < 1.29 is 4.79 Å². The van der Waals surface area contributed by atoms with Crippen molar-refractivity contribution in [1.82, 2.24) is 20.4 Å². The number of anilines is 1. The number of aryl methyl sites for hydroxylation is 2. The van der Waals surface area contributed by atoms with Gasteiger partial charge in [0.1, 0.15) is 5.82 Å². The minimum Gasteiger partial charge on any atom is -0.352 e. The summed E-state index contributed by atoms with van der Waals surface area (Å²) in [5.74, 6) is 1.06. The van der Waals surface area contributed by atoms with Crippen LogP contribution in [0.5, 0.6) is 0 Å². The van der Waals surface area contributed by atoms with E-state index in [0.717, 1.165) is 31.1 Å². The number of nitrogens with zero attached hydrogens (tertiary/aromatic N) is 3. The van der Waals surface area contributed by atoms with E-state index in [-0.39, 0.29) is 11.9 Å². The molecule has 0 aliphatic rings. The van der Waals surface area contributed by atoms with E-state index in [1.807, 2.05) is 32.5 Å². The molecule has 0 aliphatic carbocycles. The van der Waals surface area contributed by atoms with Crippen LogP contribution in [0.1, 0.15) is 39.0 Å². The predicted octanol–water partition coefficient (Wildman–Crippen LogP) is 1.19. The molecule has 2 N–H and O–H groups in total. The molecule has 0 aliphatic heterocycles. The Morgan fingerprint density at radius 3 is 2.57 bits per heavy atom. The minimum atomic E-state index is 0.0418. The van der Waals surface area contributed by atoms with Crippen molar-refractivity contribution >= 4 is 11.7 Å². The molecular formula is C15H29N5O. The molecule has 120 valence electrons. The van der Waals surface area contributed by atoms with Crippen molar-refractivity contribution in [2.75, 3.05) is 24.5 Å². The van der Waals surface area contributed by atoms with Crippen LogP contribution in [0.4, 0.5) is 5.82 Å². The molecule has 0 spiro atoms. The summed E-state index contributed by atoms with van der Waals surface area (Å²) in [5.41, 5.74) is 2.18. The number of hydrogen-bond donors (Lipinski definition) is 2. The van der Waals surface area contributed by atoms with Gasteiger partial charge in [-0.1, -0.05) is 6.92 Å². The molecule has 0 atom stereocenters. The quantitative estimate of drug-likeness (QED) is 0.756. The Labute approximate surface area is 127 Å². The third kappa shape index (κ3) is 4.74. The fourth-order valence-electron chi connectivity index (χ4n) is 2.42. The molecule has 1 heterocycles. The highest BCUT2D eigenvalue weighted by Crippen LogP contribution is 2.22. The Balaban J connectivity index is 2.96. The van der Waals surface area contributed by atoms with Gasteiger partial charge in [-0.3, -0.25) is 9.48 Å². The van der Waals surface area contributed by atoms with Gasteiger partial charge in [0.25, 0.3) is 0 Å². The molecule has 0 aromatic carbocycles. The van der Waals surface area contributed by atoms with E-state index >= 15 is 0 Å². The predicted molar refractivity (Wildman–Crippen MR) is 86.5 cm³/mol. The van der Waals surface area contributed by atoms with Gasteiger partial charge in [0.05, 0.1) is 12.2 Å². The van der Waals surface area contributed by atoms with E-state index in [0.29, 0.717) is 6.54 Å². The highest BCUT2D eigenvalue weighted by Gasteiger charge is 2.20. The van der Waals surface area contributed by atoms with Crippen LogP contribution in [0.3, 0.4) is 0 Å². The van der Waals surface area contributed by atoms with Crippen LogP contribution >= 0.6 is 0 Å². The van der Waals surface area contributed by atoms with E-state index in [1.54, 1.807) is 0 Å². The summed E-state index contributed by atoms with van der Waals surface area (Å²) in [4.78, 5) is 14.1. The first-order valence-electron chi connectivity index (χ1n) is 7.68. The SMILES string of the molecule is CCNCc1c(C)nn(C)c1N(CC)CC(=O)NC(C)C. The summed E-state index contributed by atoms with van der Waals surface area (Å²) in [6.07, 6.45) is 0. The van der Waals surface area contributed by atoms with Gasteiger partial charge in [0.2, 0.25) is 5.91 Å². The number of aromatic nitrogens is 2. The average molecular weight is 295 g/mol. The number of hydrogen-bond acceptors (Lipinski definition) is 4. The summed E-state index contributed by atoms with van der Waals surface area (Å²) >= 11 is 0. The minimum absolute atomic E-state index is 0.0418. The van der Waals surface area contributed by atoms with Crippen molar-refractivity contribution in [3.63, 3.8) is 0 Å².